The molecule has 0 saturated heterocycles. The first-order chi connectivity index (χ1) is 11.7. The first-order valence-corrected chi connectivity index (χ1v) is 10.3. The van der Waals surface area contributed by atoms with Crippen molar-refractivity contribution in [3.63, 3.8) is 0 Å². The Kier molecular flexibility index (Phi) is 18.1. The maximum Gasteiger partial charge on any atom is 0.149 e. The number of ketones is 1. The van der Waals surface area contributed by atoms with E-state index in [1.807, 2.05) is 0 Å². The number of hydrogen-bond donors (Lipinski definition) is 2. The Balaban J connectivity index is 3.24. The summed E-state index contributed by atoms with van der Waals surface area (Å²) in [5.74, 6) is 0.0988. The molecule has 0 aromatic carbocycles. The van der Waals surface area contributed by atoms with Crippen molar-refractivity contribution in [1.29, 1.82) is 0 Å². The molecular weight excluding hydrogens is 298 g/mol. The summed E-state index contributed by atoms with van der Waals surface area (Å²) in [7, 11) is 0. The summed E-state index contributed by atoms with van der Waals surface area (Å²) in [6.45, 7) is 2.26. The minimum absolute atomic E-state index is 0.000713. The largest absolute Gasteiger partial charge is 0.396 e. The number of nitrogens with two attached hydrogens (primary N) is 1. The second-order valence-corrected chi connectivity index (χ2v) is 6.92. The van der Waals surface area contributed by atoms with Crippen LogP contribution in [0.5, 0.6) is 0 Å². The van der Waals surface area contributed by atoms with Crippen LogP contribution in [-0.2, 0) is 4.79 Å². The summed E-state index contributed by atoms with van der Waals surface area (Å²) in [4.78, 5) is 11.6. The Hall–Kier alpha value is -0.670. The molecular formula is C21H41NO2. The van der Waals surface area contributed by atoms with Crippen LogP contribution in [-0.4, -0.2) is 23.5 Å². The van der Waals surface area contributed by atoms with Gasteiger partial charge >= 0.3 is 0 Å². The topological polar surface area (TPSA) is 63.3 Å². The molecule has 0 radical (unpaired) electrons. The van der Waals surface area contributed by atoms with Gasteiger partial charge < -0.3 is 10.8 Å². The summed E-state index contributed by atoms with van der Waals surface area (Å²) in [6, 6.07) is -0.466. The lowest BCUT2D eigenvalue weighted by Gasteiger charge is -2.08. The Morgan fingerprint density at radius 1 is 0.875 bits per heavy atom. The summed E-state index contributed by atoms with van der Waals surface area (Å²) >= 11 is 0. The lowest BCUT2D eigenvalue weighted by molar-refractivity contribution is -0.120. The third-order valence-electron chi connectivity index (χ3n) is 4.54. The number of allylic oxidation sites excluding steroid dienone is 2. The van der Waals surface area contributed by atoms with E-state index in [0.29, 0.717) is 12.8 Å². The van der Waals surface area contributed by atoms with Gasteiger partial charge in [0.2, 0.25) is 0 Å². The third-order valence-corrected chi connectivity index (χ3v) is 4.54. The maximum absolute atomic E-state index is 11.6. The first kappa shape index (κ1) is 23.3. The predicted octanol–water partition coefficient (Wildman–Crippen LogP) is 5.30. The Morgan fingerprint density at radius 3 is 1.92 bits per heavy atom. The van der Waals surface area contributed by atoms with Gasteiger partial charge in [0.1, 0.15) is 5.78 Å². The number of Topliss-reactive ketones (excluding diaryl/α,β-unsaturated/α-hetero) is 1. The Bertz CT molecular complexity index is 302. The van der Waals surface area contributed by atoms with Gasteiger partial charge in [-0.15, -0.1) is 0 Å². The standard InChI is InChI=1S/C21H41NO2/c1-2-3-4-5-6-7-8-9-10-11-12-13-14-15-16-17-21(24)20(22)18-19-23/h9-10,20,23H,2-8,11-19,22H2,1H3/b10-9-. The van der Waals surface area contributed by atoms with Crippen LogP contribution in [0.1, 0.15) is 103 Å². The average molecular weight is 340 g/mol. The molecule has 24 heavy (non-hydrogen) atoms. The monoisotopic (exact) mass is 339 g/mol. The first-order valence-electron chi connectivity index (χ1n) is 10.3. The molecule has 0 bridgehead atoms. The Morgan fingerprint density at radius 2 is 1.38 bits per heavy atom. The van der Waals surface area contributed by atoms with Crippen LogP contribution in [0.15, 0.2) is 12.2 Å². The second kappa shape index (κ2) is 18.7. The number of unbranched alkanes of at least 4 members (excludes halogenated alkanes) is 11. The van der Waals surface area contributed by atoms with Gasteiger partial charge in [-0.2, -0.15) is 0 Å². The summed E-state index contributed by atoms with van der Waals surface area (Å²) < 4.78 is 0. The van der Waals surface area contributed by atoms with Crippen molar-refractivity contribution in [3.8, 4) is 0 Å². The number of carbonyl (C=O) groups excluding carboxylic acids is 1. The lowest BCUT2D eigenvalue weighted by Crippen LogP contribution is -2.31. The summed E-state index contributed by atoms with van der Waals surface area (Å²) in [5.41, 5.74) is 5.67. The summed E-state index contributed by atoms with van der Waals surface area (Å²) in [6.07, 6.45) is 22.1. The van der Waals surface area contributed by atoms with E-state index in [2.05, 4.69) is 19.1 Å². The van der Waals surface area contributed by atoms with E-state index >= 15 is 0 Å². The molecule has 0 aliphatic heterocycles. The molecule has 0 aliphatic rings. The van der Waals surface area contributed by atoms with E-state index in [1.54, 1.807) is 0 Å². The van der Waals surface area contributed by atoms with Gasteiger partial charge in [0.15, 0.2) is 0 Å². The highest BCUT2D eigenvalue weighted by Gasteiger charge is 2.11. The van der Waals surface area contributed by atoms with E-state index in [4.69, 9.17) is 10.8 Å². The molecule has 0 heterocycles. The second-order valence-electron chi connectivity index (χ2n) is 6.92. The van der Waals surface area contributed by atoms with Crippen LogP contribution < -0.4 is 5.73 Å². The minimum atomic E-state index is -0.466. The van der Waals surface area contributed by atoms with E-state index in [0.717, 1.165) is 12.8 Å². The zero-order chi connectivity index (χ0) is 17.9. The highest BCUT2D eigenvalue weighted by atomic mass is 16.3. The minimum Gasteiger partial charge on any atom is -0.396 e. The smallest absolute Gasteiger partial charge is 0.149 e. The SMILES string of the molecule is CCCCCCCC/C=C\CCCCCCCC(=O)C(N)CCO. The molecule has 142 valence electrons. The molecule has 3 heteroatoms. The van der Waals surface area contributed by atoms with Crippen molar-refractivity contribution in [1.82, 2.24) is 0 Å². The highest BCUT2D eigenvalue weighted by molar-refractivity contribution is 5.83. The van der Waals surface area contributed by atoms with E-state index in [-0.39, 0.29) is 12.4 Å². The fraction of sp³-hybridized carbons (Fsp3) is 0.857. The van der Waals surface area contributed by atoms with Gasteiger partial charge in [-0.3, -0.25) is 4.79 Å². The van der Waals surface area contributed by atoms with Gasteiger partial charge in [0.05, 0.1) is 6.04 Å². The predicted molar refractivity (Wildman–Crippen MR) is 104 cm³/mol. The van der Waals surface area contributed by atoms with Crippen LogP contribution in [0.4, 0.5) is 0 Å². The van der Waals surface area contributed by atoms with Crippen LogP contribution in [0.2, 0.25) is 0 Å². The normalized spacial score (nSPS) is 12.8. The van der Waals surface area contributed by atoms with Crippen LogP contribution in [0.3, 0.4) is 0 Å². The van der Waals surface area contributed by atoms with Crippen molar-refractivity contribution >= 4 is 5.78 Å². The van der Waals surface area contributed by atoms with Crippen LogP contribution in [0, 0.1) is 0 Å². The van der Waals surface area contributed by atoms with Gasteiger partial charge in [-0.1, -0.05) is 70.4 Å². The fourth-order valence-electron chi connectivity index (χ4n) is 2.86. The third kappa shape index (κ3) is 16.2. The molecule has 1 unspecified atom stereocenters. The van der Waals surface area contributed by atoms with Crippen molar-refractivity contribution < 1.29 is 9.90 Å². The molecule has 0 saturated carbocycles. The lowest BCUT2D eigenvalue weighted by atomic mass is 10.0. The average Bonchev–Trinajstić information content (AvgIpc) is 2.58. The quantitative estimate of drug-likeness (QED) is 0.263. The van der Waals surface area contributed by atoms with E-state index in [1.165, 1.54) is 70.6 Å². The molecule has 0 amide bonds. The summed E-state index contributed by atoms with van der Waals surface area (Å²) in [5, 5.41) is 8.75. The molecule has 0 fully saturated rings. The van der Waals surface area contributed by atoms with Crippen molar-refractivity contribution in [3.05, 3.63) is 12.2 Å². The number of hydrogen-bond acceptors (Lipinski definition) is 3. The molecule has 0 rings (SSSR count). The molecule has 0 spiro atoms. The number of rotatable bonds is 18. The number of aliphatic hydroxyl groups excluding tert-OH is 1. The Labute approximate surface area is 150 Å². The maximum atomic E-state index is 11.6. The number of aliphatic hydroxyl groups is 1. The van der Waals surface area contributed by atoms with E-state index < -0.39 is 6.04 Å². The van der Waals surface area contributed by atoms with Gasteiger partial charge in [0.25, 0.3) is 0 Å². The molecule has 3 nitrogen and oxygen atoms in total. The van der Waals surface area contributed by atoms with Gasteiger partial charge in [-0.25, -0.2) is 0 Å². The molecule has 0 aromatic rings. The molecule has 0 aliphatic carbocycles. The fourth-order valence-corrected chi connectivity index (χ4v) is 2.86. The van der Waals surface area contributed by atoms with Crippen molar-refractivity contribution in [2.24, 2.45) is 5.73 Å². The van der Waals surface area contributed by atoms with Crippen LogP contribution >= 0.6 is 0 Å². The molecule has 1 atom stereocenters. The highest BCUT2D eigenvalue weighted by Crippen LogP contribution is 2.10. The van der Waals surface area contributed by atoms with Crippen molar-refractivity contribution in [2.45, 2.75) is 109 Å². The number of carbonyl (C=O) groups is 1. The molecule has 0 aromatic heterocycles. The van der Waals surface area contributed by atoms with Gasteiger partial charge in [-0.05, 0) is 38.5 Å². The van der Waals surface area contributed by atoms with Crippen LogP contribution in [0.25, 0.3) is 0 Å². The van der Waals surface area contributed by atoms with Gasteiger partial charge in [0, 0.05) is 13.0 Å². The zero-order valence-corrected chi connectivity index (χ0v) is 16.0. The van der Waals surface area contributed by atoms with E-state index in [9.17, 15) is 4.79 Å². The molecule has 3 N–H and O–H groups in total. The van der Waals surface area contributed by atoms with Crippen molar-refractivity contribution in [2.75, 3.05) is 6.61 Å². The zero-order valence-electron chi connectivity index (χ0n) is 16.0.